The van der Waals surface area contributed by atoms with Crippen molar-refractivity contribution in [2.24, 2.45) is 0 Å². The highest BCUT2D eigenvalue weighted by atomic mass is 16.1. The minimum Gasteiger partial charge on any atom is -0.353 e. The molecule has 7 heteroatoms. The van der Waals surface area contributed by atoms with Crippen LogP contribution in [0.1, 0.15) is 24.9 Å². The lowest BCUT2D eigenvalue weighted by Crippen LogP contribution is -2.23. The Labute approximate surface area is 128 Å². The van der Waals surface area contributed by atoms with E-state index in [9.17, 15) is 10.1 Å². The molecule has 1 aliphatic heterocycles. The fourth-order valence-corrected chi connectivity index (χ4v) is 2.67. The summed E-state index contributed by atoms with van der Waals surface area (Å²) in [5, 5.41) is 16.2. The van der Waals surface area contributed by atoms with Gasteiger partial charge in [-0.25, -0.2) is 4.98 Å². The number of anilines is 2. The van der Waals surface area contributed by atoms with E-state index in [1.807, 2.05) is 10.9 Å². The van der Waals surface area contributed by atoms with E-state index in [0.29, 0.717) is 11.4 Å². The molecule has 3 rings (SSSR count). The molecule has 0 bridgehead atoms. The summed E-state index contributed by atoms with van der Waals surface area (Å²) in [7, 11) is 0. The number of hydrogen-bond donors (Lipinski definition) is 1. The minimum absolute atomic E-state index is 0.134. The predicted molar refractivity (Wildman–Crippen MR) is 81.3 cm³/mol. The standard InChI is InChI=1S/C15H16N6O/c1-11(22)18-14-5-8-21(19-14)13-4-7-20(10-13)15-12(9-16)3-2-6-17-15/h2-3,5-6,8,13H,4,7,10H2,1H3,(H,18,19,22)/t13-/m0/s1. The molecule has 3 heterocycles. The molecule has 0 spiro atoms. The molecule has 112 valence electrons. The van der Waals surface area contributed by atoms with Crippen molar-refractivity contribution in [3.63, 3.8) is 0 Å². The lowest BCUT2D eigenvalue weighted by molar-refractivity contribution is -0.114. The van der Waals surface area contributed by atoms with Crippen LogP contribution in [0.4, 0.5) is 11.6 Å². The van der Waals surface area contributed by atoms with Crippen molar-refractivity contribution < 1.29 is 4.79 Å². The van der Waals surface area contributed by atoms with E-state index in [-0.39, 0.29) is 11.9 Å². The van der Waals surface area contributed by atoms with E-state index < -0.39 is 0 Å². The number of hydrogen-bond acceptors (Lipinski definition) is 5. The number of carbonyl (C=O) groups is 1. The summed E-state index contributed by atoms with van der Waals surface area (Å²) in [4.78, 5) is 17.5. The second-order valence-electron chi connectivity index (χ2n) is 5.24. The highest BCUT2D eigenvalue weighted by Crippen LogP contribution is 2.27. The molecule has 1 N–H and O–H groups in total. The molecular formula is C15H16N6O. The Bertz CT molecular complexity index is 732. The Morgan fingerprint density at radius 1 is 1.50 bits per heavy atom. The molecule has 22 heavy (non-hydrogen) atoms. The summed E-state index contributed by atoms with van der Waals surface area (Å²) in [5.74, 6) is 1.15. The van der Waals surface area contributed by atoms with Crippen molar-refractivity contribution in [1.82, 2.24) is 14.8 Å². The summed E-state index contributed by atoms with van der Waals surface area (Å²) in [6, 6.07) is 7.71. The third-order valence-corrected chi connectivity index (χ3v) is 3.66. The van der Waals surface area contributed by atoms with E-state index in [1.165, 1.54) is 6.92 Å². The number of nitriles is 1. The quantitative estimate of drug-likeness (QED) is 0.928. The number of amides is 1. The van der Waals surface area contributed by atoms with Gasteiger partial charge in [0.05, 0.1) is 11.6 Å². The SMILES string of the molecule is CC(=O)Nc1ccn([C@H]2CCN(c3ncccc3C#N)C2)n1. The summed E-state index contributed by atoms with van der Waals surface area (Å²) in [5.41, 5.74) is 0.586. The summed E-state index contributed by atoms with van der Waals surface area (Å²) >= 11 is 0. The highest BCUT2D eigenvalue weighted by Gasteiger charge is 2.26. The Kier molecular flexibility index (Phi) is 3.74. The van der Waals surface area contributed by atoms with Gasteiger partial charge in [0.2, 0.25) is 5.91 Å². The van der Waals surface area contributed by atoms with Crippen LogP contribution < -0.4 is 10.2 Å². The normalized spacial score (nSPS) is 17.3. The third kappa shape index (κ3) is 2.76. The molecule has 0 unspecified atom stereocenters. The molecule has 2 aromatic rings. The first-order valence-corrected chi connectivity index (χ1v) is 7.10. The van der Waals surface area contributed by atoms with Gasteiger partial charge in [-0.2, -0.15) is 10.4 Å². The number of pyridine rings is 1. The molecule has 0 saturated carbocycles. The molecule has 0 radical (unpaired) electrons. The second-order valence-corrected chi connectivity index (χ2v) is 5.24. The zero-order valence-electron chi connectivity index (χ0n) is 12.2. The minimum atomic E-state index is -0.134. The maximum atomic E-state index is 11.0. The van der Waals surface area contributed by atoms with Crippen molar-refractivity contribution in [2.75, 3.05) is 23.3 Å². The maximum Gasteiger partial charge on any atom is 0.222 e. The largest absolute Gasteiger partial charge is 0.353 e. The molecule has 1 saturated heterocycles. The fraction of sp³-hybridized carbons (Fsp3) is 0.333. The van der Waals surface area contributed by atoms with Gasteiger partial charge in [-0.3, -0.25) is 9.48 Å². The molecular weight excluding hydrogens is 280 g/mol. The van der Waals surface area contributed by atoms with Crippen molar-refractivity contribution in [2.45, 2.75) is 19.4 Å². The van der Waals surface area contributed by atoms with Crippen LogP contribution in [0.25, 0.3) is 0 Å². The summed E-state index contributed by atoms with van der Waals surface area (Å²) in [6.45, 7) is 3.03. The van der Waals surface area contributed by atoms with E-state index in [2.05, 4.69) is 26.4 Å². The van der Waals surface area contributed by atoms with Gasteiger partial charge in [0.15, 0.2) is 5.82 Å². The third-order valence-electron chi connectivity index (χ3n) is 3.66. The van der Waals surface area contributed by atoms with E-state index in [4.69, 9.17) is 0 Å². The number of nitrogens with zero attached hydrogens (tertiary/aromatic N) is 5. The number of aromatic nitrogens is 3. The van der Waals surface area contributed by atoms with Gasteiger partial charge in [-0.1, -0.05) is 0 Å². The smallest absolute Gasteiger partial charge is 0.222 e. The van der Waals surface area contributed by atoms with Gasteiger partial charge in [0.1, 0.15) is 11.9 Å². The summed E-state index contributed by atoms with van der Waals surface area (Å²) in [6.07, 6.45) is 4.48. The van der Waals surface area contributed by atoms with Gasteiger partial charge < -0.3 is 10.2 Å². The lowest BCUT2D eigenvalue weighted by atomic mass is 10.2. The van der Waals surface area contributed by atoms with Crippen molar-refractivity contribution in [3.8, 4) is 6.07 Å². The van der Waals surface area contributed by atoms with Crippen LogP contribution in [0.15, 0.2) is 30.6 Å². The first-order chi connectivity index (χ1) is 10.7. The average molecular weight is 296 g/mol. The van der Waals surface area contributed by atoms with Crippen molar-refractivity contribution in [1.29, 1.82) is 5.26 Å². The van der Waals surface area contributed by atoms with Gasteiger partial charge >= 0.3 is 0 Å². The van der Waals surface area contributed by atoms with Gasteiger partial charge in [-0.15, -0.1) is 0 Å². The van der Waals surface area contributed by atoms with E-state index >= 15 is 0 Å². The summed E-state index contributed by atoms with van der Waals surface area (Å²) < 4.78 is 1.86. The van der Waals surface area contributed by atoms with Crippen LogP contribution in [-0.2, 0) is 4.79 Å². The Morgan fingerprint density at radius 3 is 3.14 bits per heavy atom. The van der Waals surface area contributed by atoms with Gasteiger partial charge in [0, 0.05) is 38.5 Å². The topological polar surface area (TPSA) is 86.8 Å². The predicted octanol–water partition coefficient (Wildman–Crippen LogP) is 1.56. The Morgan fingerprint density at radius 2 is 2.36 bits per heavy atom. The zero-order valence-corrected chi connectivity index (χ0v) is 12.2. The number of carbonyl (C=O) groups excluding carboxylic acids is 1. The monoisotopic (exact) mass is 296 g/mol. The lowest BCUT2D eigenvalue weighted by Gasteiger charge is -2.18. The number of nitrogens with one attached hydrogen (secondary N) is 1. The molecule has 1 amide bonds. The Hall–Kier alpha value is -2.88. The van der Waals surface area contributed by atoms with E-state index in [0.717, 1.165) is 25.3 Å². The molecule has 1 aliphatic rings. The first-order valence-electron chi connectivity index (χ1n) is 7.10. The molecule has 0 aromatic carbocycles. The van der Waals surface area contributed by atoms with Crippen molar-refractivity contribution >= 4 is 17.5 Å². The van der Waals surface area contributed by atoms with Crippen LogP contribution in [0.5, 0.6) is 0 Å². The average Bonchev–Trinajstić information content (AvgIpc) is 3.15. The number of rotatable bonds is 3. The molecule has 7 nitrogen and oxygen atoms in total. The van der Waals surface area contributed by atoms with Crippen LogP contribution in [0.2, 0.25) is 0 Å². The zero-order chi connectivity index (χ0) is 15.5. The van der Waals surface area contributed by atoms with E-state index in [1.54, 1.807) is 24.4 Å². The van der Waals surface area contributed by atoms with Gasteiger partial charge in [0.25, 0.3) is 0 Å². The van der Waals surface area contributed by atoms with Crippen LogP contribution in [0, 0.1) is 11.3 Å². The van der Waals surface area contributed by atoms with Crippen molar-refractivity contribution in [3.05, 3.63) is 36.2 Å². The second kappa shape index (κ2) is 5.85. The van der Waals surface area contributed by atoms with Crippen LogP contribution in [-0.4, -0.2) is 33.8 Å². The van der Waals surface area contributed by atoms with Crippen LogP contribution >= 0.6 is 0 Å². The Balaban J connectivity index is 1.73. The fourth-order valence-electron chi connectivity index (χ4n) is 2.67. The highest BCUT2D eigenvalue weighted by molar-refractivity contribution is 5.87. The molecule has 1 atom stereocenters. The molecule has 2 aromatic heterocycles. The maximum absolute atomic E-state index is 11.0. The molecule has 0 aliphatic carbocycles. The first kappa shape index (κ1) is 14.1. The van der Waals surface area contributed by atoms with Crippen LogP contribution in [0.3, 0.4) is 0 Å². The molecule has 1 fully saturated rings. The van der Waals surface area contributed by atoms with Gasteiger partial charge in [-0.05, 0) is 18.6 Å².